The molecule has 0 unspecified atom stereocenters. The van der Waals surface area contributed by atoms with Gasteiger partial charge in [0.25, 0.3) is 10.0 Å². The number of nitrogens with one attached hydrogen (secondary N) is 1. The molecule has 8 heteroatoms. The second-order valence-corrected chi connectivity index (χ2v) is 6.13. The van der Waals surface area contributed by atoms with Crippen LogP contribution in [0, 0.1) is 13.8 Å². The number of nitrogens with two attached hydrogens (primary N) is 1. The van der Waals surface area contributed by atoms with Crippen LogP contribution in [0.2, 0.25) is 5.02 Å². The standard InChI is InChI=1S/C11H12ClN3O3S/c1-6-3-8(12)10(5-9(6)13)19(16,17)15-11-4-7(2)18-14-11/h3-5H,13H2,1-2H3,(H,14,15). The highest BCUT2D eigenvalue weighted by Crippen LogP contribution is 2.28. The largest absolute Gasteiger partial charge is 0.398 e. The summed E-state index contributed by atoms with van der Waals surface area (Å²) in [6.45, 7) is 3.40. The highest BCUT2D eigenvalue weighted by atomic mass is 35.5. The molecule has 0 atom stereocenters. The predicted octanol–water partition coefficient (Wildman–Crippen LogP) is 2.33. The van der Waals surface area contributed by atoms with E-state index in [1.807, 2.05) is 0 Å². The summed E-state index contributed by atoms with van der Waals surface area (Å²) in [6, 6.07) is 4.27. The van der Waals surface area contributed by atoms with Crippen molar-refractivity contribution in [3.8, 4) is 0 Å². The minimum absolute atomic E-state index is 0.0905. The monoisotopic (exact) mass is 301 g/mol. The quantitative estimate of drug-likeness (QED) is 0.848. The predicted molar refractivity (Wildman–Crippen MR) is 72.6 cm³/mol. The number of sulfonamides is 1. The number of aryl methyl sites for hydroxylation is 2. The van der Waals surface area contributed by atoms with Gasteiger partial charge in [-0.2, -0.15) is 0 Å². The minimum Gasteiger partial charge on any atom is -0.398 e. The van der Waals surface area contributed by atoms with Crippen molar-refractivity contribution in [3.05, 3.63) is 34.5 Å². The summed E-state index contributed by atoms with van der Waals surface area (Å²) in [6.07, 6.45) is 0. The first-order valence-corrected chi connectivity index (χ1v) is 7.17. The molecule has 0 fully saturated rings. The minimum atomic E-state index is -3.85. The van der Waals surface area contributed by atoms with Crippen molar-refractivity contribution in [2.75, 3.05) is 10.5 Å². The molecule has 19 heavy (non-hydrogen) atoms. The highest BCUT2D eigenvalue weighted by molar-refractivity contribution is 7.92. The molecule has 0 spiro atoms. The fraction of sp³-hybridized carbons (Fsp3) is 0.182. The van der Waals surface area contributed by atoms with E-state index in [4.69, 9.17) is 21.9 Å². The number of benzene rings is 1. The Labute approximate surface area is 115 Å². The lowest BCUT2D eigenvalue weighted by atomic mass is 10.2. The number of hydrogen-bond acceptors (Lipinski definition) is 5. The summed E-state index contributed by atoms with van der Waals surface area (Å²) in [5.74, 6) is 0.583. The van der Waals surface area contributed by atoms with E-state index in [2.05, 4.69) is 9.88 Å². The number of nitrogens with zero attached hydrogens (tertiary/aromatic N) is 1. The summed E-state index contributed by atoms with van der Waals surface area (Å²) in [4.78, 5) is -0.0991. The maximum Gasteiger partial charge on any atom is 0.264 e. The molecule has 2 aromatic rings. The Hall–Kier alpha value is -1.73. The summed E-state index contributed by atoms with van der Waals surface area (Å²) in [5.41, 5.74) is 6.76. The fourth-order valence-electron chi connectivity index (χ4n) is 1.48. The summed E-state index contributed by atoms with van der Waals surface area (Å²) < 4.78 is 31.4. The zero-order valence-electron chi connectivity index (χ0n) is 10.3. The molecule has 0 aliphatic carbocycles. The van der Waals surface area contributed by atoms with Crippen LogP contribution in [-0.4, -0.2) is 13.6 Å². The van der Waals surface area contributed by atoms with Gasteiger partial charge in [0, 0.05) is 11.8 Å². The summed E-state index contributed by atoms with van der Waals surface area (Å²) in [7, 11) is -3.85. The van der Waals surface area contributed by atoms with Gasteiger partial charge in [-0.25, -0.2) is 8.42 Å². The smallest absolute Gasteiger partial charge is 0.264 e. The van der Waals surface area contributed by atoms with Gasteiger partial charge in [0.15, 0.2) is 5.82 Å². The van der Waals surface area contributed by atoms with Crippen molar-refractivity contribution in [3.63, 3.8) is 0 Å². The molecule has 1 aromatic carbocycles. The molecule has 102 valence electrons. The highest BCUT2D eigenvalue weighted by Gasteiger charge is 2.20. The SMILES string of the molecule is Cc1cc(NS(=O)(=O)c2cc(N)c(C)cc2Cl)no1. The first-order chi connectivity index (χ1) is 8.79. The van der Waals surface area contributed by atoms with Gasteiger partial charge in [-0.3, -0.25) is 4.72 Å². The average molecular weight is 302 g/mol. The van der Waals surface area contributed by atoms with E-state index in [0.29, 0.717) is 17.0 Å². The first kappa shape index (κ1) is 13.7. The molecule has 2 rings (SSSR count). The van der Waals surface area contributed by atoms with E-state index < -0.39 is 10.0 Å². The first-order valence-electron chi connectivity index (χ1n) is 5.31. The van der Waals surface area contributed by atoms with E-state index >= 15 is 0 Å². The van der Waals surface area contributed by atoms with Crippen LogP contribution in [0.4, 0.5) is 11.5 Å². The Balaban J connectivity index is 2.42. The lowest BCUT2D eigenvalue weighted by molar-refractivity contribution is 0.400. The maximum absolute atomic E-state index is 12.2. The molecular formula is C11H12ClN3O3S. The van der Waals surface area contributed by atoms with Crippen molar-refractivity contribution in [2.45, 2.75) is 18.7 Å². The number of rotatable bonds is 3. The van der Waals surface area contributed by atoms with Crippen molar-refractivity contribution in [2.24, 2.45) is 0 Å². The number of anilines is 2. The van der Waals surface area contributed by atoms with Crippen LogP contribution in [0.15, 0.2) is 27.6 Å². The van der Waals surface area contributed by atoms with Crippen LogP contribution in [0.1, 0.15) is 11.3 Å². The van der Waals surface area contributed by atoms with E-state index in [9.17, 15) is 8.42 Å². The van der Waals surface area contributed by atoms with E-state index in [1.54, 1.807) is 13.8 Å². The molecule has 0 radical (unpaired) electrons. The molecule has 6 nitrogen and oxygen atoms in total. The zero-order chi connectivity index (χ0) is 14.2. The van der Waals surface area contributed by atoms with E-state index in [-0.39, 0.29) is 15.7 Å². The number of nitrogen functional groups attached to an aromatic ring is 1. The maximum atomic E-state index is 12.2. The van der Waals surface area contributed by atoms with Gasteiger partial charge in [0.1, 0.15) is 10.7 Å². The van der Waals surface area contributed by atoms with Crippen LogP contribution in [0.3, 0.4) is 0 Å². The average Bonchev–Trinajstić information content (AvgIpc) is 2.68. The second-order valence-electron chi connectivity index (χ2n) is 4.07. The van der Waals surface area contributed by atoms with Crippen molar-refractivity contribution < 1.29 is 12.9 Å². The molecule has 3 N–H and O–H groups in total. The Kier molecular flexibility index (Phi) is 3.42. The van der Waals surface area contributed by atoms with E-state index in [1.165, 1.54) is 18.2 Å². The summed E-state index contributed by atoms with van der Waals surface area (Å²) >= 11 is 5.94. The van der Waals surface area contributed by atoms with Crippen LogP contribution in [0.25, 0.3) is 0 Å². The normalized spacial score (nSPS) is 11.5. The molecule has 0 bridgehead atoms. The topological polar surface area (TPSA) is 98.2 Å². The van der Waals surface area contributed by atoms with Crippen LogP contribution in [-0.2, 0) is 10.0 Å². The molecule has 1 heterocycles. The van der Waals surface area contributed by atoms with Crippen LogP contribution >= 0.6 is 11.6 Å². The van der Waals surface area contributed by atoms with Crippen LogP contribution < -0.4 is 10.5 Å². The Bertz CT molecular complexity index is 725. The molecule has 1 aromatic heterocycles. The van der Waals surface area contributed by atoms with Gasteiger partial charge in [-0.15, -0.1) is 0 Å². The zero-order valence-corrected chi connectivity index (χ0v) is 11.8. The number of halogens is 1. The molecule has 0 saturated carbocycles. The Morgan fingerprint density at radius 1 is 1.32 bits per heavy atom. The molecule has 0 aliphatic rings. The third kappa shape index (κ3) is 2.82. The molecular weight excluding hydrogens is 290 g/mol. The lowest BCUT2D eigenvalue weighted by Gasteiger charge is -2.09. The third-order valence-electron chi connectivity index (χ3n) is 2.48. The van der Waals surface area contributed by atoms with Gasteiger partial charge in [0.05, 0.1) is 5.02 Å². The van der Waals surface area contributed by atoms with Crippen molar-refractivity contribution >= 4 is 33.1 Å². The van der Waals surface area contributed by atoms with Gasteiger partial charge >= 0.3 is 0 Å². The second kappa shape index (κ2) is 4.75. The van der Waals surface area contributed by atoms with Crippen molar-refractivity contribution in [1.29, 1.82) is 0 Å². The summed E-state index contributed by atoms with van der Waals surface area (Å²) in [5, 5.41) is 3.65. The Morgan fingerprint density at radius 3 is 2.58 bits per heavy atom. The van der Waals surface area contributed by atoms with Gasteiger partial charge < -0.3 is 10.3 Å². The number of aromatic nitrogens is 1. The van der Waals surface area contributed by atoms with Gasteiger partial charge in [-0.1, -0.05) is 16.8 Å². The lowest BCUT2D eigenvalue weighted by Crippen LogP contribution is -2.14. The van der Waals surface area contributed by atoms with Crippen LogP contribution in [0.5, 0.6) is 0 Å². The molecule has 0 amide bonds. The fourth-order valence-corrected chi connectivity index (χ4v) is 3.08. The van der Waals surface area contributed by atoms with Gasteiger partial charge in [0.2, 0.25) is 0 Å². The molecule has 0 saturated heterocycles. The van der Waals surface area contributed by atoms with Gasteiger partial charge in [-0.05, 0) is 31.5 Å². The Morgan fingerprint density at radius 2 is 2.00 bits per heavy atom. The molecule has 0 aliphatic heterocycles. The van der Waals surface area contributed by atoms with E-state index in [0.717, 1.165) is 0 Å². The number of hydrogen-bond donors (Lipinski definition) is 2. The third-order valence-corrected chi connectivity index (χ3v) is 4.30. The van der Waals surface area contributed by atoms with Crippen molar-refractivity contribution in [1.82, 2.24) is 5.16 Å².